The highest BCUT2D eigenvalue weighted by Gasteiger charge is 2.48. The van der Waals surface area contributed by atoms with Gasteiger partial charge in [0.2, 0.25) is 0 Å². The van der Waals surface area contributed by atoms with Crippen molar-refractivity contribution in [3.05, 3.63) is 17.6 Å². The van der Waals surface area contributed by atoms with Crippen LogP contribution in [0.4, 0.5) is 5.82 Å². The summed E-state index contributed by atoms with van der Waals surface area (Å²) in [6, 6.07) is 1.86. The molecule has 2 N–H and O–H groups in total. The average Bonchev–Trinajstić information content (AvgIpc) is 2.74. The van der Waals surface area contributed by atoms with Crippen LogP contribution in [-0.2, 0) is 6.42 Å². The Morgan fingerprint density at radius 1 is 1.50 bits per heavy atom. The van der Waals surface area contributed by atoms with Crippen molar-refractivity contribution < 1.29 is 0 Å². The van der Waals surface area contributed by atoms with E-state index in [0.29, 0.717) is 17.2 Å². The molecule has 0 saturated heterocycles. The summed E-state index contributed by atoms with van der Waals surface area (Å²) in [7, 11) is 0. The lowest BCUT2D eigenvalue weighted by Crippen LogP contribution is -2.03. The number of nitrogen functional groups attached to an aromatic ring is 1. The van der Waals surface area contributed by atoms with Crippen LogP contribution in [0.15, 0.2) is 6.07 Å². The topological polar surface area (TPSA) is 51.8 Å². The third kappa shape index (κ3) is 1.59. The van der Waals surface area contributed by atoms with E-state index in [4.69, 9.17) is 5.73 Å². The molecule has 0 radical (unpaired) electrons. The maximum absolute atomic E-state index is 5.74. The minimum Gasteiger partial charge on any atom is -0.384 e. The Labute approximate surface area is 84.8 Å². The van der Waals surface area contributed by atoms with E-state index in [1.807, 2.05) is 6.07 Å². The van der Waals surface area contributed by atoms with E-state index >= 15 is 0 Å². The first kappa shape index (κ1) is 9.44. The van der Waals surface area contributed by atoms with Crippen LogP contribution in [0, 0.1) is 5.41 Å². The Morgan fingerprint density at radius 2 is 2.14 bits per heavy atom. The molecule has 1 aromatic heterocycles. The van der Waals surface area contributed by atoms with Crippen LogP contribution in [0.25, 0.3) is 0 Å². The number of anilines is 1. The molecule has 1 heterocycles. The van der Waals surface area contributed by atoms with Crippen molar-refractivity contribution in [1.82, 2.24) is 9.97 Å². The van der Waals surface area contributed by atoms with Gasteiger partial charge in [-0.25, -0.2) is 9.97 Å². The third-order valence-corrected chi connectivity index (χ3v) is 3.00. The number of nitrogens with two attached hydrogens (primary N) is 1. The monoisotopic (exact) mass is 191 g/mol. The maximum atomic E-state index is 5.74. The van der Waals surface area contributed by atoms with Gasteiger partial charge in [0.1, 0.15) is 11.6 Å². The van der Waals surface area contributed by atoms with Crippen molar-refractivity contribution in [1.29, 1.82) is 0 Å². The Balaban J connectivity index is 2.31. The predicted octanol–water partition coefficient (Wildman–Crippen LogP) is 2.13. The van der Waals surface area contributed by atoms with Crippen LogP contribution in [0.5, 0.6) is 0 Å². The fraction of sp³-hybridized carbons (Fsp3) is 0.636. The first-order valence-electron chi connectivity index (χ1n) is 5.16. The summed E-state index contributed by atoms with van der Waals surface area (Å²) >= 11 is 0. The molecule has 1 aliphatic carbocycles. The van der Waals surface area contributed by atoms with Crippen LogP contribution >= 0.6 is 0 Å². The molecule has 1 atom stereocenters. The lowest BCUT2D eigenvalue weighted by atomic mass is 10.1. The molecule has 0 aromatic carbocycles. The second kappa shape index (κ2) is 2.94. The van der Waals surface area contributed by atoms with E-state index in [0.717, 1.165) is 17.9 Å². The molecule has 0 amide bonds. The number of nitrogens with zero attached hydrogens (tertiary/aromatic N) is 2. The van der Waals surface area contributed by atoms with Gasteiger partial charge in [0, 0.05) is 17.7 Å². The van der Waals surface area contributed by atoms with E-state index in [9.17, 15) is 0 Å². The van der Waals surface area contributed by atoms with Gasteiger partial charge >= 0.3 is 0 Å². The van der Waals surface area contributed by atoms with Crippen LogP contribution in [0.3, 0.4) is 0 Å². The van der Waals surface area contributed by atoms with Crippen molar-refractivity contribution in [2.45, 2.75) is 39.5 Å². The summed E-state index contributed by atoms with van der Waals surface area (Å²) in [6.07, 6.45) is 2.10. The fourth-order valence-corrected chi connectivity index (χ4v) is 1.78. The van der Waals surface area contributed by atoms with Gasteiger partial charge in [-0.05, 0) is 18.3 Å². The maximum Gasteiger partial charge on any atom is 0.134 e. The Hall–Kier alpha value is -1.12. The van der Waals surface area contributed by atoms with Crippen molar-refractivity contribution in [3.8, 4) is 0 Å². The Bertz CT molecular complexity index is 358. The van der Waals surface area contributed by atoms with Gasteiger partial charge in [-0.15, -0.1) is 0 Å². The first-order chi connectivity index (χ1) is 6.53. The standard InChI is InChI=1S/C11H17N3/c1-4-7-5-9(12)14-10(13-7)8-6-11(8,2)3/h5,8H,4,6H2,1-3H3,(H2,12,13,14). The summed E-state index contributed by atoms with van der Waals surface area (Å²) in [5.41, 5.74) is 7.16. The molecule has 1 aromatic rings. The van der Waals surface area contributed by atoms with Gasteiger partial charge < -0.3 is 5.73 Å². The lowest BCUT2D eigenvalue weighted by Gasteiger charge is -2.05. The highest BCUT2D eigenvalue weighted by Crippen LogP contribution is 2.57. The van der Waals surface area contributed by atoms with E-state index in [1.54, 1.807) is 0 Å². The van der Waals surface area contributed by atoms with Gasteiger partial charge in [0.05, 0.1) is 0 Å². The van der Waals surface area contributed by atoms with Gasteiger partial charge in [-0.1, -0.05) is 20.8 Å². The highest BCUT2D eigenvalue weighted by molar-refractivity contribution is 5.32. The van der Waals surface area contributed by atoms with Crippen molar-refractivity contribution >= 4 is 5.82 Å². The van der Waals surface area contributed by atoms with Crippen LogP contribution in [0.1, 0.15) is 44.6 Å². The number of rotatable bonds is 2. The van der Waals surface area contributed by atoms with E-state index in [2.05, 4.69) is 30.7 Å². The average molecular weight is 191 g/mol. The largest absolute Gasteiger partial charge is 0.384 e. The van der Waals surface area contributed by atoms with Crippen molar-refractivity contribution in [2.24, 2.45) is 5.41 Å². The van der Waals surface area contributed by atoms with Gasteiger partial charge in [0.15, 0.2) is 0 Å². The van der Waals surface area contributed by atoms with E-state index in [1.165, 1.54) is 6.42 Å². The first-order valence-corrected chi connectivity index (χ1v) is 5.16. The summed E-state index contributed by atoms with van der Waals surface area (Å²) in [4.78, 5) is 8.82. The molecule has 1 unspecified atom stereocenters. The number of aromatic nitrogens is 2. The van der Waals surface area contributed by atoms with Gasteiger partial charge in [-0.3, -0.25) is 0 Å². The Morgan fingerprint density at radius 3 is 2.64 bits per heavy atom. The number of hydrogen-bond donors (Lipinski definition) is 1. The molecule has 3 nitrogen and oxygen atoms in total. The lowest BCUT2D eigenvalue weighted by molar-refractivity contribution is 0.607. The van der Waals surface area contributed by atoms with Crippen molar-refractivity contribution in [3.63, 3.8) is 0 Å². The SMILES string of the molecule is CCc1cc(N)nc(C2CC2(C)C)n1. The molecule has 0 bridgehead atoms. The molecule has 1 fully saturated rings. The van der Waals surface area contributed by atoms with Gasteiger partial charge in [-0.2, -0.15) is 0 Å². The molecule has 2 rings (SSSR count). The molecule has 0 spiro atoms. The van der Waals surface area contributed by atoms with Crippen LogP contribution in [-0.4, -0.2) is 9.97 Å². The molecule has 14 heavy (non-hydrogen) atoms. The highest BCUT2D eigenvalue weighted by atomic mass is 15.0. The quantitative estimate of drug-likeness (QED) is 0.779. The molecule has 3 heteroatoms. The molecular weight excluding hydrogens is 174 g/mol. The van der Waals surface area contributed by atoms with Crippen molar-refractivity contribution in [2.75, 3.05) is 5.73 Å². The zero-order valence-electron chi connectivity index (χ0n) is 9.04. The third-order valence-electron chi connectivity index (χ3n) is 3.00. The Kier molecular flexibility index (Phi) is 1.98. The number of hydrogen-bond acceptors (Lipinski definition) is 3. The van der Waals surface area contributed by atoms with Gasteiger partial charge in [0.25, 0.3) is 0 Å². The summed E-state index contributed by atoms with van der Waals surface area (Å²) in [5, 5.41) is 0. The van der Waals surface area contributed by atoms with E-state index < -0.39 is 0 Å². The van der Waals surface area contributed by atoms with E-state index in [-0.39, 0.29) is 0 Å². The second-order valence-electron chi connectivity index (χ2n) is 4.74. The second-order valence-corrected chi connectivity index (χ2v) is 4.74. The summed E-state index contributed by atoms with van der Waals surface area (Å²) in [6.45, 7) is 6.58. The summed E-state index contributed by atoms with van der Waals surface area (Å²) in [5.74, 6) is 2.05. The predicted molar refractivity (Wildman–Crippen MR) is 57.0 cm³/mol. The fourth-order valence-electron chi connectivity index (χ4n) is 1.78. The number of aryl methyl sites for hydroxylation is 1. The summed E-state index contributed by atoms with van der Waals surface area (Å²) < 4.78 is 0. The smallest absolute Gasteiger partial charge is 0.134 e. The molecule has 1 aliphatic rings. The zero-order chi connectivity index (χ0) is 10.3. The molecule has 0 aliphatic heterocycles. The van der Waals surface area contributed by atoms with Crippen LogP contribution in [0.2, 0.25) is 0 Å². The molecular formula is C11H17N3. The zero-order valence-corrected chi connectivity index (χ0v) is 9.04. The minimum atomic E-state index is 0.374. The minimum absolute atomic E-state index is 0.374. The normalized spacial score (nSPS) is 23.5. The molecule has 76 valence electrons. The van der Waals surface area contributed by atoms with Crippen LogP contribution < -0.4 is 5.73 Å². The molecule has 1 saturated carbocycles.